The summed E-state index contributed by atoms with van der Waals surface area (Å²) < 4.78 is 0. The number of rotatable bonds is 3. The molecule has 1 amide bonds. The molecule has 5 N–H and O–H groups in total. The van der Waals surface area contributed by atoms with Crippen LogP contribution in [0.25, 0.3) is 10.2 Å². The van der Waals surface area contributed by atoms with E-state index in [0.717, 1.165) is 21.5 Å². The Morgan fingerprint density at radius 3 is 2.91 bits per heavy atom. The molecule has 0 atom stereocenters. The maximum atomic E-state index is 12.2. The standard InChI is InChI=1S/C14H17N5OS2/c1-4-5-16-14(21)19-18-12(20)11-10(15)9-7(2)6-8(3)17-13(9)22-11/h4,6H,1,5,15H2,2-3H3,(H,18,20)(H2,16,19,21). The molecule has 2 aromatic heterocycles. The smallest absolute Gasteiger partial charge is 0.281 e. The Balaban J connectivity index is 2.18. The minimum Gasteiger partial charge on any atom is -0.397 e. The van der Waals surface area contributed by atoms with Crippen LogP contribution in [-0.2, 0) is 0 Å². The van der Waals surface area contributed by atoms with Crippen LogP contribution in [0.4, 0.5) is 5.69 Å². The maximum absolute atomic E-state index is 12.2. The molecule has 0 unspecified atom stereocenters. The van der Waals surface area contributed by atoms with Crippen LogP contribution in [0.3, 0.4) is 0 Å². The number of amides is 1. The van der Waals surface area contributed by atoms with Crippen molar-refractivity contribution in [3.8, 4) is 0 Å². The number of hydrogen-bond donors (Lipinski definition) is 4. The minimum absolute atomic E-state index is 0.304. The number of fused-ring (bicyclic) bond motifs is 1. The van der Waals surface area contributed by atoms with Crippen LogP contribution >= 0.6 is 23.6 Å². The maximum Gasteiger partial charge on any atom is 0.281 e. The summed E-state index contributed by atoms with van der Waals surface area (Å²) >= 11 is 6.26. The average molecular weight is 335 g/mol. The lowest BCUT2D eigenvalue weighted by Gasteiger charge is -2.09. The van der Waals surface area contributed by atoms with Gasteiger partial charge in [0.15, 0.2) is 5.11 Å². The van der Waals surface area contributed by atoms with Gasteiger partial charge in [0.1, 0.15) is 9.71 Å². The number of aryl methyl sites for hydroxylation is 2. The largest absolute Gasteiger partial charge is 0.397 e. The van der Waals surface area contributed by atoms with E-state index in [0.29, 0.717) is 22.2 Å². The molecule has 116 valence electrons. The molecule has 2 aromatic rings. The molecule has 0 radical (unpaired) electrons. The number of aromatic nitrogens is 1. The van der Waals surface area contributed by atoms with Crippen molar-refractivity contribution in [2.75, 3.05) is 12.3 Å². The molecule has 0 saturated carbocycles. The van der Waals surface area contributed by atoms with Crippen LogP contribution in [0.5, 0.6) is 0 Å². The number of pyridine rings is 1. The van der Waals surface area contributed by atoms with Gasteiger partial charge in [-0.3, -0.25) is 15.6 Å². The molecule has 0 fully saturated rings. The second-order valence-electron chi connectivity index (χ2n) is 4.68. The van der Waals surface area contributed by atoms with Gasteiger partial charge < -0.3 is 11.1 Å². The lowest BCUT2D eigenvalue weighted by molar-refractivity contribution is 0.0948. The summed E-state index contributed by atoms with van der Waals surface area (Å²) in [7, 11) is 0. The van der Waals surface area contributed by atoms with E-state index < -0.39 is 0 Å². The summed E-state index contributed by atoms with van der Waals surface area (Å²) in [5.41, 5.74) is 13.6. The third-order valence-electron chi connectivity index (χ3n) is 2.93. The highest BCUT2D eigenvalue weighted by Gasteiger charge is 2.18. The normalized spacial score (nSPS) is 10.3. The fourth-order valence-electron chi connectivity index (χ4n) is 2.02. The summed E-state index contributed by atoms with van der Waals surface area (Å²) in [6.07, 6.45) is 1.66. The number of anilines is 1. The van der Waals surface area contributed by atoms with Crippen LogP contribution in [0, 0.1) is 13.8 Å². The number of thiocarbonyl (C=S) groups is 1. The Morgan fingerprint density at radius 1 is 1.50 bits per heavy atom. The Morgan fingerprint density at radius 2 is 2.23 bits per heavy atom. The fraction of sp³-hybridized carbons (Fsp3) is 0.214. The van der Waals surface area contributed by atoms with Crippen LogP contribution in [0.1, 0.15) is 20.9 Å². The van der Waals surface area contributed by atoms with E-state index in [4.69, 9.17) is 18.0 Å². The Kier molecular flexibility index (Phi) is 4.94. The number of nitrogens with two attached hydrogens (primary N) is 1. The van der Waals surface area contributed by atoms with E-state index in [-0.39, 0.29) is 5.91 Å². The van der Waals surface area contributed by atoms with Gasteiger partial charge in [-0.1, -0.05) is 6.08 Å². The van der Waals surface area contributed by atoms with Crippen LogP contribution < -0.4 is 21.9 Å². The van der Waals surface area contributed by atoms with Gasteiger partial charge in [0.25, 0.3) is 5.91 Å². The minimum atomic E-state index is -0.347. The van der Waals surface area contributed by atoms with Crippen molar-refractivity contribution in [1.82, 2.24) is 21.2 Å². The molecule has 0 aliphatic carbocycles. The van der Waals surface area contributed by atoms with Gasteiger partial charge in [-0.15, -0.1) is 17.9 Å². The van der Waals surface area contributed by atoms with Gasteiger partial charge in [0, 0.05) is 17.6 Å². The summed E-state index contributed by atoms with van der Waals surface area (Å²) in [5.74, 6) is -0.347. The first-order valence-electron chi connectivity index (χ1n) is 6.55. The highest BCUT2D eigenvalue weighted by Crippen LogP contribution is 2.34. The zero-order valence-corrected chi connectivity index (χ0v) is 14.0. The van der Waals surface area contributed by atoms with Crippen molar-refractivity contribution in [1.29, 1.82) is 0 Å². The third-order valence-corrected chi connectivity index (χ3v) is 4.27. The van der Waals surface area contributed by atoms with Crippen molar-refractivity contribution in [3.63, 3.8) is 0 Å². The van der Waals surface area contributed by atoms with Gasteiger partial charge in [-0.25, -0.2) is 4.98 Å². The number of nitrogens with one attached hydrogen (secondary N) is 3. The Hall–Kier alpha value is -2.19. The quantitative estimate of drug-likeness (QED) is 0.388. The van der Waals surface area contributed by atoms with Gasteiger partial charge in [-0.05, 0) is 37.7 Å². The van der Waals surface area contributed by atoms with Gasteiger partial charge in [0.2, 0.25) is 0 Å². The van der Waals surface area contributed by atoms with E-state index in [9.17, 15) is 4.79 Å². The van der Waals surface area contributed by atoms with Crippen molar-refractivity contribution in [3.05, 3.63) is 34.9 Å². The SMILES string of the molecule is C=CCNC(=S)NNC(=O)c1sc2nc(C)cc(C)c2c1N. The number of thiophene rings is 1. The topological polar surface area (TPSA) is 92.1 Å². The van der Waals surface area contributed by atoms with E-state index in [2.05, 4.69) is 27.7 Å². The second-order valence-corrected chi connectivity index (χ2v) is 6.09. The van der Waals surface area contributed by atoms with Gasteiger partial charge in [-0.2, -0.15) is 0 Å². The second kappa shape index (κ2) is 6.71. The molecule has 8 heteroatoms. The molecule has 2 heterocycles. The monoisotopic (exact) mass is 335 g/mol. The fourth-order valence-corrected chi connectivity index (χ4v) is 3.26. The van der Waals surface area contributed by atoms with E-state index in [1.54, 1.807) is 6.08 Å². The number of nitrogen functional groups attached to an aromatic ring is 1. The Labute approximate surface area is 137 Å². The van der Waals surface area contributed by atoms with Crippen LogP contribution in [-0.4, -0.2) is 22.5 Å². The van der Waals surface area contributed by atoms with Crippen molar-refractivity contribution in [2.45, 2.75) is 13.8 Å². The van der Waals surface area contributed by atoms with E-state index in [1.165, 1.54) is 11.3 Å². The molecule has 0 bridgehead atoms. The number of carbonyl (C=O) groups is 1. The molecule has 0 aliphatic heterocycles. The van der Waals surface area contributed by atoms with Crippen molar-refractivity contribution < 1.29 is 4.79 Å². The third kappa shape index (κ3) is 3.34. The number of hydrazine groups is 1. The van der Waals surface area contributed by atoms with E-state index in [1.807, 2.05) is 19.9 Å². The first kappa shape index (κ1) is 16.2. The van der Waals surface area contributed by atoms with Gasteiger partial charge >= 0.3 is 0 Å². The molecule has 6 nitrogen and oxygen atoms in total. The van der Waals surface area contributed by atoms with Gasteiger partial charge in [0.05, 0.1) is 5.69 Å². The molecule has 0 aromatic carbocycles. The highest BCUT2D eigenvalue weighted by molar-refractivity contribution is 7.80. The van der Waals surface area contributed by atoms with Crippen LogP contribution in [0.2, 0.25) is 0 Å². The lowest BCUT2D eigenvalue weighted by Crippen LogP contribution is -2.46. The van der Waals surface area contributed by atoms with Crippen molar-refractivity contribution >= 4 is 50.5 Å². The molecule has 2 rings (SSSR count). The molecular weight excluding hydrogens is 318 g/mol. The first-order chi connectivity index (χ1) is 10.4. The molecule has 0 spiro atoms. The molecule has 0 aliphatic rings. The molecule has 0 saturated heterocycles. The lowest BCUT2D eigenvalue weighted by atomic mass is 10.1. The summed E-state index contributed by atoms with van der Waals surface area (Å²) in [6.45, 7) is 7.94. The summed E-state index contributed by atoms with van der Waals surface area (Å²) in [5, 5.41) is 3.98. The summed E-state index contributed by atoms with van der Waals surface area (Å²) in [4.78, 5) is 17.8. The van der Waals surface area contributed by atoms with Crippen LogP contribution in [0.15, 0.2) is 18.7 Å². The highest BCUT2D eigenvalue weighted by atomic mass is 32.1. The zero-order chi connectivity index (χ0) is 16.3. The average Bonchev–Trinajstić information content (AvgIpc) is 2.79. The predicted octanol–water partition coefficient (Wildman–Crippen LogP) is 1.79. The predicted molar refractivity (Wildman–Crippen MR) is 94.9 cm³/mol. The number of hydrogen-bond acceptors (Lipinski definition) is 5. The Bertz CT molecular complexity index is 753. The zero-order valence-electron chi connectivity index (χ0n) is 12.3. The molecule has 22 heavy (non-hydrogen) atoms. The summed E-state index contributed by atoms with van der Waals surface area (Å²) in [6, 6.07) is 1.94. The van der Waals surface area contributed by atoms with E-state index >= 15 is 0 Å². The van der Waals surface area contributed by atoms with Crippen molar-refractivity contribution in [2.24, 2.45) is 0 Å². The number of carbonyl (C=O) groups excluding carboxylic acids is 1. The first-order valence-corrected chi connectivity index (χ1v) is 7.77. The number of nitrogens with zero attached hydrogens (tertiary/aromatic N) is 1. The molecular formula is C14H17N5OS2.